The van der Waals surface area contributed by atoms with E-state index in [0.29, 0.717) is 24.6 Å². The average Bonchev–Trinajstić information content (AvgIpc) is 3.51. The van der Waals surface area contributed by atoms with E-state index in [9.17, 15) is 4.79 Å². The zero-order valence-corrected chi connectivity index (χ0v) is 23.4. The summed E-state index contributed by atoms with van der Waals surface area (Å²) in [4.78, 5) is 14.6. The van der Waals surface area contributed by atoms with E-state index in [1.54, 1.807) is 0 Å². The van der Waals surface area contributed by atoms with E-state index in [1.165, 1.54) is 49.7 Å². The molecule has 6 rings (SSSR count). The number of carbonyl (C=O) groups is 1. The monoisotopic (exact) mass is 536 g/mol. The molecule has 3 aliphatic heterocycles. The van der Waals surface area contributed by atoms with E-state index < -0.39 is 5.60 Å². The lowest BCUT2D eigenvalue weighted by molar-refractivity contribution is -0.956. The van der Waals surface area contributed by atoms with E-state index in [1.807, 2.05) is 60.7 Å². The molecule has 3 saturated heterocycles. The third-order valence-electron chi connectivity index (χ3n) is 10.5. The van der Waals surface area contributed by atoms with Crippen molar-refractivity contribution < 1.29 is 18.8 Å². The number of alkyl halides is 1. The van der Waals surface area contributed by atoms with Crippen molar-refractivity contribution in [3.05, 3.63) is 71.8 Å². The number of rotatable bonds is 8. The van der Waals surface area contributed by atoms with Gasteiger partial charge in [-0.1, -0.05) is 79.9 Å². The number of esters is 1. The van der Waals surface area contributed by atoms with Gasteiger partial charge < -0.3 is 14.0 Å². The van der Waals surface area contributed by atoms with Crippen molar-refractivity contribution in [2.45, 2.75) is 94.4 Å². The van der Waals surface area contributed by atoms with Crippen molar-refractivity contribution in [3.8, 4) is 0 Å². The summed E-state index contributed by atoms with van der Waals surface area (Å²) in [6.07, 6.45) is 12.8. The van der Waals surface area contributed by atoms with Crippen LogP contribution in [0.5, 0.6) is 0 Å². The molecule has 38 heavy (non-hydrogen) atoms. The summed E-state index contributed by atoms with van der Waals surface area (Å²) in [7, 11) is 0. The number of nitrogens with zero attached hydrogens (tertiary/aromatic N) is 1. The van der Waals surface area contributed by atoms with Gasteiger partial charge in [0.2, 0.25) is 5.60 Å². The summed E-state index contributed by atoms with van der Waals surface area (Å²) < 4.78 is 14.8. The SMILES string of the molecule is O=C(OC1CC2CCC(C1)[N+]21CCCC1)C(OCC1(CCl)CCCCC1)(c1ccccc1)c1ccccc1. The van der Waals surface area contributed by atoms with Crippen LogP contribution in [-0.2, 0) is 19.9 Å². The molecule has 4 fully saturated rings. The minimum absolute atomic E-state index is 0.0450. The molecule has 2 unspecified atom stereocenters. The molecule has 1 aliphatic carbocycles. The predicted molar refractivity (Wildman–Crippen MR) is 151 cm³/mol. The molecule has 2 aromatic rings. The Hall–Kier alpha value is -1.88. The summed E-state index contributed by atoms with van der Waals surface area (Å²) in [6, 6.07) is 21.3. The molecule has 2 aromatic carbocycles. The van der Waals surface area contributed by atoms with Gasteiger partial charge in [-0.15, -0.1) is 11.6 Å². The lowest BCUT2D eigenvalue weighted by Gasteiger charge is -2.47. The third-order valence-corrected chi connectivity index (χ3v) is 11.0. The number of benzene rings is 2. The summed E-state index contributed by atoms with van der Waals surface area (Å²) in [5.74, 6) is 0.281. The third kappa shape index (κ3) is 4.61. The summed E-state index contributed by atoms with van der Waals surface area (Å²) in [6.45, 7) is 3.08. The Balaban J connectivity index is 1.32. The Kier molecular flexibility index (Phi) is 7.59. The fourth-order valence-corrected chi connectivity index (χ4v) is 8.74. The molecule has 3 heterocycles. The van der Waals surface area contributed by atoms with E-state index in [0.717, 1.165) is 49.7 Å². The first-order valence-electron chi connectivity index (χ1n) is 15.0. The number of hydrogen-bond donors (Lipinski definition) is 0. The maximum Gasteiger partial charge on any atom is 0.348 e. The van der Waals surface area contributed by atoms with Gasteiger partial charge in [0.25, 0.3) is 0 Å². The van der Waals surface area contributed by atoms with E-state index in [-0.39, 0.29) is 17.5 Å². The maximum atomic E-state index is 14.6. The molecule has 4 aliphatic rings. The number of ether oxygens (including phenoxy) is 2. The van der Waals surface area contributed by atoms with Crippen LogP contribution in [0.25, 0.3) is 0 Å². The minimum atomic E-state index is -1.31. The van der Waals surface area contributed by atoms with Crippen LogP contribution < -0.4 is 0 Å². The number of piperidine rings is 1. The Bertz CT molecular complexity index is 1020. The molecule has 204 valence electrons. The molecule has 2 atom stereocenters. The zero-order valence-electron chi connectivity index (χ0n) is 22.7. The highest BCUT2D eigenvalue weighted by atomic mass is 35.5. The average molecular weight is 537 g/mol. The van der Waals surface area contributed by atoms with Gasteiger partial charge in [-0.05, 0) is 24.0 Å². The normalized spacial score (nSPS) is 27.9. The van der Waals surface area contributed by atoms with Crippen molar-refractivity contribution in [2.75, 3.05) is 25.6 Å². The molecule has 4 nitrogen and oxygen atoms in total. The van der Waals surface area contributed by atoms with Crippen LogP contribution in [0, 0.1) is 5.41 Å². The van der Waals surface area contributed by atoms with Crippen LogP contribution in [0.15, 0.2) is 60.7 Å². The highest BCUT2D eigenvalue weighted by Gasteiger charge is 2.57. The molecule has 0 aromatic heterocycles. The van der Waals surface area contributed by atoms with Gasteiger partial charge in [0.15, 0.2) is 0 Å². The van der Waals surface area contributed by atoms with Gasteiger partial charge in [-0.2, -0.15) is 0 Å². The van der Waals surface area contributed by atoms with Gasteiger partial charge in [-0.25, -0.2) is 4.79 Å². The summed E-state index contributed by atoms with van der Waals surface area (Å²) in [5, 5.41) is 0. The number of carbonyl (C=O) groups excluding carboxylic acids is 1. The molecule has 0 radical (unpaired) electrons. The van der Waals surface area contributed by atoms with Crippen LogP contribution in [0.1, 0.15) is 81.8 Å². The Morgan fingerprint density at radius 3 is 1.92 bits per heavy atom. The first kappa shape index (κ1) is 26.3. The van der Waals surface area contributed by atoms with Crippen molar-refractivity contribution >= 4 is 17.6 Å². The van der Waals surface area contributed by atoms with E-state index >= 15 is 0 Å². The Morgan fingerprint density at radius 2 is 1.39 bits per heavy atom. The molecule has 0 amide bonds. The van der Waals surface area contributed by atoms with E-state index in [2.05, 4.69) is 0 Å². The second-order valence-corrected chi connectivity index (χ2v) is 12.8. The molecular formula is C33H43ClNO3+. The summed E-state index contributed by atoms with van der Waals surface area (Å²) in [5.41, 5.74) is 0.248. The van der Waals surface area contributed by atoms with Crippen LogP contribution in [0.4, 0.5) is 0 Å². The number of quaternary nitrogens is 1. The molecule has 0 N–H and O–H groups in total. The highest BCUT2D eigenvalue weighted by Crippen LogP contribution is 2.47. The Morgan fingerprint density at radius 1 is 0.842 bits per heavy atom. The molecule has 1 saturated carbocycles. The second kappa shape index (κ2) is 10.9. The fraction of sp³-hybridized carbons (Fsp3) is 0.606. The number of hydrogen-bond acceptors (Lipinski definition) is 3. The molecular weight excluding hydrogens is 494 g/mol. The van der Waals surface area contributed by atoms with E-state index in [4.69, 9.17) is 21.1 Å². The minimum Gasteiger partial charge on any atom is -0.459 e. The fourth-order valence-electron chi connectivity index (χ4n) is 8.39. The van der Waals surface area contributed by atoms with Gasteiger partial charge in [0.05, 0.1) is 31.8 Å². The van der Waals surface area contributed by atoms with Crippen LogP contribution in [-0.4, -0.2) is 54.2 Å². The van der Waals surface area contributed by atoms with Gasteiger partial charge in [0, 0.05) is 49.8 Å². The zero-order chi connectivity index (χ0) is 26.1. The Labute approximate surface area is 233 Å². The predicted octanol–water partition coefficient (Wildman–Crippen LogP) is 6.98. The molecule has 5 heteroatoms. The maximum absolute atomic E-state index is 14.6. The standard InChI is InChI=1S/C33H43ClNO3/c34-24-32(18-8-3-9-19-32)25-37-33(26-12-4-1-5-13-26,27-14-6-2-7-15-27)31(36)38-30-22-28-16-17-29(23-30)35(28)20-10-11-21-35/h1-2,4-7,12-15,28-30H,3,8-11,16-25H2/q+1. The first-order valence-corrected chi connectivity index (χ1v) is 15.5. The van der Waals surface area contributed by atoms with Crippen LogP contribution in [0.2, 0.25) is 0 Å². The first-order chi connectivity index (χ1) is 18.6. The second-order valence-electron chi connectivity index (χ2n) is 12.5. The quantitative estimate of drug-likeness (QED) is 0.207. The van der Waals surface area contributed by atoms with Crippen molar-refractivity contribution in [3.63, 3.8) is 0 Å². The van der Waals surface area contributed by atoms with Gasteiger partial charge >= 0.3 is 5.97 Å². The topological polar surface area (TPSA) is 35.5 Å². The van der Waals surface area contributed by atoms with Gasteiger partial charge in [0.1, 0.15) is 6.10 Å². The molecule has 1 spiro atoms. The van der Waals surface area contributed by atoms with Crippen molar-refractivity contribution in [1.82, 2.24) is 0 Å². The van der Waals surface area contributed by atoms with Gasteiger partial charge in [-0.3, -0.25) is 0 Å². The van der Waals surface area contributed by atoms with Crippen molar-refractivity contribution in [1.29, 1.82) is 0 Å². The number of halogens is 1. The smallest absolute Gasteiger partial charge is 0.348 e. The lowest BCUT2D eigenvalue weighted by Crippen LogP contribution is -2.60. The largest absolute Gasteiger partial charge is 0.459 e. The molecule has 2 bridgehead atoms. The highest BCUT2D eigenvalue weighted by molar-refractivity contribution is 6.18. The van der Waals surface area contributed by atoms with Crippen LogP contribution >= 0.6 is 11.6 Å². The van der Waals surface area contributed by atoms with Crippen molar-refractivity contribution in [2.24, 2.45) is 5.41 Å². The van der Waals surface area contributed by atoms with Crippen LogP contribution in [0.3, 0.4) is 0 Å². The lowest BCUT2D eigenvalue weighted by atomic mass is 9.76. The summed E-state index contributed by atoms with van der Waals surface area (Å²) >= 11 is 6.59.